The van der Waals surface area contributed by atoms with Crippen LogP contribution in [0, 0.1) is 5.92 Å². The molecule has 1 aromatic heterocycles. The Morgan fingerprint density at radius 1 is 1.38 bits per heavy atom. The van der Waals surface area contributed by atoms with Gasteiger partial charge in [-0.2, -0.15) is 0 Å². The third kappa shape index (κ3) is 5.91. The van der Waals surface area contributed by atoms with Gasteiger partial charge in [0.05, 0.1) is 10.8 Å². The van der Waals surface area contributed by atoms with Crippen molar-refractivity contribution in [1.82, 2.24) is 10.2 Å². The number of carbonyl (C=O) groups excluding carboxylic acids is 2. The summed E-state index contributed by atoms with van der Waals surface area (Å²) in [6, 6.07) is 3.73. The Kier molecular flexibility index (Phi) is 8.25. The first kappa shape index (κ1) is 18.9. The molecular weight excluding hydrogens is 324 g/mol. The highest BCUT2D eigenvalue weighted by atomic mass is 32.1. The van der Waals surface area contributed by atoms with Gasteiger partial charge in [0, 0.05) is 32.8 Å². The van der Waals surface area contributed by atoms with E-state index >= 15 is 0 Å². The standard InChI is InChI=1S/C18H28N2O3S/c1-2-3-11-23-12-6-9-19-17(21)15-7-4-10-20(14-15)18(22)16-8-5-13-24-16/h5,8,13,15H,2-4,6-7,9-12,14H2,1H3,(H,19,21). The van der Waals surface area contributed by atoms with Crippen LogP contribution in [0.4, 0.5) is 0 Å². The van der Waals surface area contributed by atoms with E-state index in [2.05, 4.69) is 12.2 Å². The highest BCUT2D eigenvalue weighted by Gasteiger charge is 2.28. The van der Waals surface area contributed by atoms with E-state index in [1.165, 1.54) is 11.3 Å². The quantitative estimate of drug-likeness (QED) is 0.695. The number of likely N-dealkylation sites (tertiary alicyclic amines) is 1. The number of unbranched alkanes of at least 4 members (excludes halogenated alkanes) is 1. The maximum atomic E-state index is 12.4. The molecule has 1 atom stereocenters. The van der Waals surface area contributed by atoms with Gasteiger partial charge in [0.15, 0.2) is 0 Å². The summed E-state index contributed by atoms with van der Waals surface area (Å²) in [6.07, 6.45) is 4.80. The van der Waals surface area contributed by atoms with Crippen LogP contribution < -0.4 is 5.32 Å². The number of nitrogens with zero attached hydrogens (tertiary/aromatic N) is 1. The number of amides is 2. The van der Waals surface area contributed by atoms with Crippen molar-refractivity contribution in [3.63, 3.8) is 0 Å². The molecule has 1 N–H and O–H groups in total. The monoisotopic (exact) mass is 352 g/mol. The molecule has 1 aliphatic heterocycles. The fourth-order valence-electron chi connectivity index (χ4n) is 2.81. The molecule has 0 aromatic carbocycles. The molecular formula is C18H28N2O3S. The van der Waals surface area contributed by atoms with Gasteiger partial charge < -0.3 is 15.0 Å². The normalized spacial score (nSPS) is 17.7. The highest BCUT2D eigenvalue weighted by molar-refractivity contribution is 7.12. The minimum Gasteiger partial charge on any atom is -0.381 e. The largest absolute Gasteiger partial charge is 0.381 e. The Hall–Kier alpha value is -1.40. The van der Waals surface area contributed by atoms with Crippen molar-refractivity contribution in [1.29, 1.82) is 0 Å². The van der Waals surface area contributed by atoms with Crippen molar-refractivity contribution in [2.24, 2.45) is 5.92 Å². The molecule has 0 bridgehead atoms. The van der Waals surface area contributed by atoms with Gasteiger partial charge in [0.1, 0.15) is 0 Å². The van der Waals surface area contributed by atoms with Crippen LogP contribution in [0.5, 0.6) is 0 Å². The minimum absolute atomic E-state index is 0.0480. The fraction of sp³-hybridized carbons (Fsp3) is 0.667. The first-order valence-corrected chi connectivity index (χ1v) is 9.78. The maximum Gasteiger partial charge on any atom is 0.263 e. The molecule has 0 radical (unpaired) electrons. The van der Waals surface area contributed by atoms with Gasteiger partial charge in [0.2, 0.25) is 5.91 Å². The summed E-state index contributed by atoms with van der Waals surface area (Å²) in [5.41, 5.74) is 0. The topological polar surface area (TPSA) is 58.6 Å². The molecule has 5 nitrogen and oxygen atoms in total. The predicted octanol–water partition coefficient (Wildman–Crippen LogP) is 2.92. The summed E-state index contributed by atoms with van der Waals surface area (Å²) in [7, 11) is 0. The summed E-state index contributed by atoms with van der Waals surface area (Å²) >= 11 is 1.45. The Morgan fingerprint density at radius 3 is 2.96 bits per heavy atom. The SMILES string of the molecule is CCCCOCCCNC(=O)C1CCCN(C(=O)c2cccs2)C1. The van der Waals surface area contributed by atoms with Crippen LogP contribution in [0.3, 0.4) is 0 Å². The number of thiophene rings is 1. The van der Waals surface area contributed by atoms with Crippen LogP contribution in [0.2, 0.25) is 0 Å². The van der Waals surface area contributed by atoms with Gasteiger partial charge in [-0.05, 0) is 37.1 Å². The molecule has 1 aliphatic rings. The molecule has 2 amide bonds. The van der Waals surface area contributed by atoms with Crippen molar-refractivity contribution >= 4 is 23.2 Å². The predicted molar refractivity (Wildman–Crippen MR) is 96.3 cm³/mol. The lowest BCUT2D eigenvalue weighted by Crippen LogP contribution is -2.45. The van der Waals surface area contributed by atoms with Gasteiger partial charge in [0.25, 0.3) is 5.91 Å². The Morgan fingerprint density at radius 2 is 2.21 bits per heavy atom. The number of hydrogen-bond donors (Lipinski definition) is 1. The van der Waals surface area contributed by atoms with Crippen molar-refractivity contribution < 1.29 is 14.3 Å². The van der Waals surface area contributed by atoms with E-state index in [-0.39, 0.29) is 17.7 Å². The van der Waals surface area contributed by atoms with E-state index in [0.717, 1.165) is 50.1 Å². The Labute approximate surface area is 148 Å². The smallest absolute Gasteiger partial charge is 0.263 e. The van der Waals surface area contributed by atoms with Crippen LogP contribution in [0.1, 0.15) is 48.7 Å². The molecule has 6 heteroatoms. The van der Waals surface area contributed by atoms with Crippen LogP contribution >= 0.6 is 11.3 Å². The average molecular weight is 353 g/mol. The molecule has 24 heavy (non-hydrogen) atoms. The van der Waals surface area contributed by atoms with Crippen molar-refractivity contribution in [3.05, 3.63) is 22.4 Å². The third-order valence-electron chi connectivity index (χ3n) is 4.22. The lowest BCUT2D eigenvalue weighted by Gasteiger charge is -2.31. The van der Waals surface area contributed by atoms with E-state index < -0.39 is 0 Å². The summed E-state index contributed by atoms with van der Waals surface area (Å²) in [5, 5.41) is 4.89. The van der Waals surface area contributed by atoms with Gasteiger partial charge >= 0.3 is 0 Å². The molecule has 0 aliphatic carbocycles. The Bertz CT molecular complexity index is 504. The molecule has 134 valence electrons. The zero-order valence-electron chi connectivity index (χ0n) is 14.5. The van der Waals surface area contributed by atoms with Gasteiger partial charge in [-0.3, -0.25) is 9.59 Å². The van der Waals surface area contributed by atoms with Crippen LogP contribution in [-0.2, 0) is 9.53 Å². The molecule has 1 saturated heterocycles. The number of piperidine rings is 1. The second kappa shape index (κ2) is 10.5. The van der Waals surface area contributed by atoms with Crippen molar-refractivity contribution in [2.45, 2.75) is 39.0 Å². The van der Waals surface area contributed by atoms with Gasteiger partial charge in [-0.25, -0.2) is 0 Å². The molecule has 1 unspecified atom stereocenters. The first-order chi connectivity index (χ1) is 11.7. The zero-order valence-corrected chi connectivity index (χ0v) is 15.3. The lowest BCUT2D eigenvalue weighted by molar-refractivity contribution is -0.126. The molecule has 2 heterocycles. The van der Waals surface area contributed by atoms with Crippen molar-refractivity contribution in [3.8, 4) is 0 Å². The summed E-state index contributed by atoms with van der Waals surface area (Å²) < 4.78 is 5.49. The lowest BCUT2D eigenvalue weighted by atomic mass is 9.97. The van der Waals surface area contributed by atoms with Gasteiger partial charge in [-0.15, -0.1) is 11.3 Å². The maximum absolute atomic E-state index is 12.4. The molecule has 1 fully saturated rings. The fourth-order valence-corrected chi connectivity index (χ4v) is 3.50. The van der Waals surface area contributed by atoms with E-state index in [1.54, 1.807) is 0 Å². The number of nitrogens with one attached hydrogen (secondary N) is 1. The van der Waals surface area contributed by atoms with Crippen LogP contribution in [-0.4, -0.2) is 49.6 Å². The molecule has 0 saturated carbocycles. The summed E-state index contributed by atoms with van der Waals surface area (Å²) in [6.45, 7) is 5.53. The van der Waals surface area contributed by atoms with E-state index in [4.69, 9.17) is 4.74 Å². The second-order valence-electron chi connectivity index (χ2n) is 6.18. The third-order valence-corrected chi connectivity index (χ3v) is 5.08. The summed E-state index contributed by atoms with van der Waals surface area (Å²) in [4.78, 5) is 27.3. The Balaban J connectivity index is 1.68. The average Bonchev–Trinajstić information content (AvgIpc) is 3.15. The number of rotatable bonds is 9. The van der Waals surface area contributed by atoms with Gasteiger partial charge in [-0.1, -0.05) is 19.4 Å². The number of carbonyl (C=O) groups is 2. The van der Waals surface area contributed by atoms with Crippen LogP contribution in [0.15, 0.2) is 17.5 Å². The molecule has 1 aromatic rings. The summed E-state index contributed by atoms with van der Waals surface area (Å²) in [5.74, 6) is 0.0164. The van der Waals surface area contributed by atoms with Crippen LogP contribution in [0.25, 0.3) is 0 Å². The van der Waals surface area contributed by atoms with E-state index in [9.17, 15) is 9.59 Å². The number of hydrogen-bond acceptors (Lipinski definition) is 4. The second-order valence-corrected chi connectivity index (χ2v) is 7.13. The van der Waals surface area contributed by atoms with Crippen molar-refractivity contribution in [2.75, 3.05) is 32.8 Å². The first-order valence-electron chi connectivity index (χ1n) is 8.90. The van der Waals surface area contributed by atoms with E-state index in [0.29, 0.717) is 19.7 Å². The van der Waals surface area contributed by atoms with E-state index in [1.807, 2.05) is 22.4 Å². The molecule has 0 spiro atoms. The number of ether oxygens (including phenoxy) is 1. The molecule has 2 rings (SSSR count). The highest BCUT2D eigenvalue weighted by Crippen LogP contribution is 2.20. The minimum atomic E-state index is -0.0938. The zero-order chi connectivity index (χ0) is 17.2.